The van der Waals surface area contributed by atoms with Crippen LogP contribution in [0.1, 0.15) is 56.6 Å². The summed E-state index contributed by atoms with van der Waals surface area (Å²) in [5.74, 6) is 0.555. The molecule has 0 saturated heterocycles. The van der Waals surface area contributed by atoms with Crippen molar-refractivity contribution >= 4 is 35.5 Å². The van der Waals surface area contributed by atoms with E-state index in [1.807, 2.05) is 0 Å². The highest BCUT2D eigenvalue weighted by molar-refractivity contribution is 6.30. The van der Waals surface area contributed by atoms with E-state index in [-0.39, 0.29) is 12.0 Å². The van der Waals surface area contributed by atoms with Gasteiger partial charge in [0.15, 0.2) is 6.61 Å². The predicted molar refractivity (Wildman–Crippen MR) is 120 cm³/mol. The maximum Gasteiger partial charge on any atom is 0.321 e. The van der Waals surface area contributed by atoms with Crippen molar-refractivity contribution in [1.82, 2.24) is 16.0 Å². The van der Waals surface area contributed by atoms with Gasteiger partial charge in [-0.05, 0) is 74.0 Å². The molecule has 0 heterocycles. The van der Waals surface area contributed by atoms with Crippen LogP contribution in [0, 0.1) is 17.8 Å². The number of nitrogens with one attached hydrogen (secondary N) is 3. The van der Waals surface area contributed by atoms with Crippen LogP contribution in [0.25, 0.3) is 0 Å². The first-order chi connectivity index (χ1) is 15.7. The summed E-state index contributed by atoms with van der Waals surface area (Å²) < 4.78 is 5.01. The summed E-state index contributed by atoms with van der Waals surface area (Å²) >= 11 is 5.87. The van der Waals surface area contributed by atoms with Crippen molar-refractivity contribution in [3.05, 3.63) is 34.9 Å². The van der Waals surface area contributed by atoms with E-state index in [4.69, 9.17) is 22.1 Å². The minimum atomic E-state index is -0.804. The average Bonchev–Trinajstić information content (AvgIpc) is 2.70. The molecule has 0 aliphatic heterocycles. The Morgan fingerprint density at radius 3 is 2.15 bits per heavy atom. The monoisotopic (exact) mass is 476 g/mol. The highest BCUT2D eigenvalue weighted by Gasteiger charge is 2.51. The molecule has 5 rings (SSSR count). The number of nitrogens with two attached hydrogens (primary N) is 1. The lowest BCUT2D eigenvalue weighted by Crippen LogP contribution is -2.62. The summed E-state index contributed by atoms with van der Waals surface area (Å²) in [4.78, 5) is 48.1. The molecule has 10 heteroatoms. The van der Waals surface area contributed by atoms with Crippen molar-refractivity contribution in [1.29, 1.82) is 0 Å². The lowest BCUT2D eigenvalue weighted by molar-refractivity contribution is -0.148. The molecule has 1 atom stereocenters. The second-order valence-corrected chi connectivity index (χ2v) is 10.1. The smallest absolute Gasteiger partial charge is 0.321 e. The molecule has 1 aromatic rings. The highest BCUT2D eigenvalue weighted by Crippen LogP contribution is 2.55. The summed E-state index contributed by atoms with van der Waals surface area (Å²) in [6, 6.07) is 4.45. The predicted octanol–water partition coefficient (Wildman–Crippen LogP) is 2.78. The van der Waals surface area contributed by atoms with Crippen LogP contribution >= 0.6 is 11.6 Å². The van der Waals surface area contributed by atoms with Crippen molar-refractivity contribution in [2.24, 2.45) is 23.5 Å². The van der Waals surface area contributed by atoms with E-state index >= 15 is 0 Å². The van der Waals surface area contributed by atoms with Gasteiger partial charge >= 0.3 is 18.0 Å². The lowest BCUT2D eigenvalue weighted by atomic mass is 9.53. The molecule has 1 aromatic carbocycles. The molecule has 5 amide bonds. The van der Waals surface area contributed by atoms with Crippen molar-refractivity contribution in [2.75, 3.05) is 6.61 Å². The van der Waals surface area contributed by atoms with Gasteiger partial charge in [0.25, 0.3) is 5.91 Å². The largest absolute Gasteiger partial charge is 0.455 e. The van der Waals surface area contributed by atoms with Crippen LogP contribution in [0.5, 0.6) is 0 Å². The minimum Gasteiger partial charge on any atom is -0.455 e. The first kappa shape index (κ1) is 23.4. The maximum absolute atomic E-state index is 12.4. The molecule has 4 saturated carbocycles. The Bertz CT molecular complexity index is 900. The normalized spacial score (nSPS) is 28.0. The Kier molecular flexibility index (Phi) is 6.78. The Hall–Kier alpha value is -2.81. The number of ether oxygens (including phenoxy) is 1. The molecule has 9 nitrogen and oxygen atoms in total. The van der Waals surface area contributed by atoms with Gasteiger partial charge in [-0.3, -0.25) is 14.9 Å². The van der Waals surface area contributed by atoms with Crippen molar-refractivity contribution in [2.45, 2.75) is 56.5 Å². The molecule has 4 fully saturated rings. The van der Waals surface area contributed by atoms with E-state index in [0.717, 1.165) is 19.3 Å². The molecule has 0 aromatic heterocycles. The Labute approximate surface area is 197 Å². The molecule has 4 bridgehead atoms. The fourth-order valence-electron chi connectivity index (χ4n) is 6.19. The molecule has 0 radical (unpaired) electrons. The quantitative estimate of drug-likeness (QED) is 0.448. The zero-order valence-corrected chi connectivity index (χ0v) is 19.0. The van der Waals surface area contributed by atoms with Gasteiger partial charge in [0.2, 0.25) is 0 Å². The summed E-state index contributed by atoms with van der Waals surface area (Å²) in [7, 11) is 0. The zero-order valence-electron chi connectivity index (χ0n) is 18.3. The topological polar surface area (TPSA) is 140 Å². The van der Waals surface area contributed by atoms with Crippen LogP contribution < -0.4 is 21.7 Å². The summed E-state index contributed by atoms with van der Waals surface area (Å²) in [6.45, 7) is -0.600. The van der Waals surface area contributed by atoms with Crippen LogP contribution in [-0.2, 0) is 14.3 Å². The second kappa shape index (κ2) is 9.59. The number of carbonyl (C=O) groups is 4. The summed E-state index contributed by atoms with van der Waals surface area (Å²) in [5.41, 5.74) is 5.59. The van der Waals surface area contributed by atoms with Gasteiger partial charge in [0.05, 0.1) is 12.5 Å². The Morgan fingerprint density at radius 2 is 1.61 bits per heavy atom. The number of halogens is 1. The van der Waals surface area contributed by atoms with Crippen LogP contribution in [0.3, 0.4) is 0 Å². The number of esters is 1. The van der Waals surface area contributed by atoms with E-state index in [2.05, 4.69) is 16.0 Å². The number of rotatable bonds is 7. The minimum absolute atomic E-state index is 0.220. The standard InChI is InChI=1S/C23H29ClN4O5/c24-17-3-1-16(2-4-17)18(26-21(25)31)8-20(30)33-12-19(29)27-22(32)28-23-9-13-5-14(10-23)7-15(6-13)11-23/h1-4,13-15,18H,5-12H2,(H3,25,26,31)(H2,27,28,29,32)/t13?,14?,15?,18-,23?/m1/s1. The number of carbonyl (C=O) groups excluding carboxylic acids is 4. The third-order valence-electron chi connectivity index (χ3n) is 6.99. The zero-order chi connectivity index (χ0) is 23.6. The number of benzene rings is 1. The Balaban J connectivity index is 1.24. The van der Waals surface area contributed by atoms with Gasteiger partial charge < -0.3 is 21.1 Å². The van der Waals surface area contributed by atoms with Gasteiger partial charge in [-0.2, -0.15) is 0 Å². The van der Waals surface area contributed by atoms with E-state index in [1.54, 1.807) is 24.3 Å². The van der Waals surface area contributed by atoms with Crippen LogP contribution in [0.15, 0.2) is 24.3 Å². The number of hydrogen-bond donors (Lipinski definition) is 4. The molecule has 4 aliphatic carbocycles. The van der Waals surface area contributed by atoms with Crippen LogP contribution in [-0.4, -0.2) is 36.1 Å². The molecule has 4 aliphatic rings. The van der Waals surface area contributed by atoms with Crippen LogP contribution in [0.2, 0.25) is 5.02 Å². The Morgan fingerprint density at radius 1 is 1.03 bits per heavy atom. The van der Waals surface area contributed by atoms with Crippen molar-refractivity contribution in [3.63, 3.8) is 0 Å². The van der Waals surface area contributed by atoms with Gasteiger partial charge in [0, 0.05) is 10.6 Å². The van der Waals surface area contributed by atoms with Gasteiger partial charge in [0.1, 0.15) is 0 Å². The summed E-state index contributed by atoms with van der Waals surface area (Å²) in [5, 5.41) is 8.27. The van der Waals surface area contributed by atoms with Gasteiger partial charge in [-0.25, -0.2) is 9.59 Å². The SMILES string of the molecule is NC(=O)N[C@H](CC(=O)OCC(=O)NC(=O)NC12CC3CC(CC(C3)C1)C2)c1ccc(Cl)cc1. The number of hydrogen-bond acceptors (Lipinski definition) is 5. The highest BCUT2D eigenvalue weighted by atomic mass is 35.5. The third kappa shape index (κ3) is 5.96. The molecule has 0 unspecified atom stereocenters. The number of amides is 5. The fraction of sp³-hybridized carbons (Fsp3) is 0.565. The van der Waals surface area contributed by atoms with Crippen molar-refractivity contribution < 1.29 is 23.9 Å². The number of primary amides is 1. The van der Waals surface area contributed by atoms with E-state index in [0.29, 0.717) is 28.3 Å². The molecular formula is C23H29ClN4O5. The number of imide groups is 1. The van der Waals surface area contributed by atoms with E-state index in [1.165, 1.54) is 19.3 Å². The summed E-state index contributed by atoms with van der Waals surface area (Å²) in [6.07, 6.45) is 6.41. The van der Waals surface area contributed by atoms with Crippen LogP contribution in [0.4, 0.5) is 9.59 Å². The second-order valence-electron chi connectivity index (χ2n) is 9.68. The molecule has 178 valence electrons. The molecule has 5 N–H and O–H groups in total. The maximum atomic E-state index is 12.4. The molecular weight excluding hydrogens is 448 g/mol. The van der Waals surface area contributed by atoms with Gasteiger partial charge in [-0.15, -0.1) is 0 Å². The van der Waals surface area contributed by atoms with E-state index in [9.17, 15) is 19.2 Å². The number of urea groups is 2. The molecule has 33 heavy (non-hydrogen) atoms. The van der Waals surface area contributed by atoms with Crippen molar-refractivity contribution in [3.8, 4) is 0 Å². The average molecular weight is 477 g/mol. The lowest BCUT2D eigenvalue weighted by Gasteiger charge is -2.56. The fourth-order valence-corrected chi connectivity index (χ4v) is 6.32. The van der Waals surface area contributed by atoms with Gasteiger partial charge in [-0.1, -0.05) is 23.7 Å². The first-order valence-electron chi connectivity index (χ1n) is 11.3. The molecule has 0 spiro atoms. The third-order valence-corrected chi connectivity index (χ3v) is 7.25. The first-order valence-corrected chi connectivity index (χ1v) is 11.7. The van der Waals surface area contributed by atoms with E-state index < -0.39 is 36.6 Å².